The van der Waals surface area contributed by atoms with Crippen molar-refractivity contribution in [1.29, 1.82) is 0 Å². The molecule has 0 bridgehead atoms. The summed E-state index contributed by atoms with van der Waals surface area (Å²) in [5.74, 6) is 0.690. The number of hydrogen-bond donors (Lipinski definition) is 2. The summed E-state index contributed by atoms with van der Waals surface area (Å²) >= 11 is 0. The Hall–Kier alpha value is -1.55. The van der Waals surface area contributed by atoms with Gasteiger partial charge in [-0.15, -0.1) is 0 Å². The fraction of sp³-hybridized carbons (Fsp3) is 0.588. The molecule has 0 aliphatic rings. The van der Waals surface area contributed by atoms with Crippen molar-refractivity contribution in [2.45, 2.75) is 46.6 Å². The number of nitrogens with zero attached hydrogens (tertiary/aromatic N) is 1. The molecule has 0 aromatic heterocycles. The predicted octanol–water partition coefficient (Wildman–Crippen LogP) is 3.27. The number of carbonyl (C=O) groups is 1. The Balaban J connectivity index is 2.38. The maximum atomic E-state index is 12.0. The van der Waals surface area contributed by atoms with E-state index in [1.165, 1.54) is 0 Å². The zero-order chi connectivity index (χ0) is 16.0. The molecule has 1 atom stereocenters. The minimum Gasteiger partial charge on any atom is -0.399 e. The van der Waals surface area contributed by atoms with E-state index in [4.69, 9.17) is 5.73 Å². The lowest BCUT2D eigenvalue weighted by molar-refractivity contribution is -0.116. The van der Waals surface area contributed by atoms with Gasteiger partial charge < -0.3 is 16.0 Å². The molecule has 1 rings (SSSR count). The van der Waals surface area contributed by atoms with Crippen LogP contribution in [0.1, 0.15) is 39.2 Å². The first-order valence-electron chi connectivity index (χ1n) is 7.67. The van der Waals surface area contributed by atoms with Gasteiger partial charge in [0.15, 0.2) is 0 Å². The molecule has 4 nitrogen and oxygen atoms in total. The van der Waals surface area contributed by atoms with Crippen LogP contribution < -0.4 is 11.1 Å². The summed E-state index contributed by atoms with van der Waals surface area (Å²) in [6.07, 6.45) is 1.41. The average molecular weight is 291 g/mol. The number of anilines is 2. The van der Waals surface area contributed by atoms with Gasteiger partial charge in [-0.3, -0.25) is 4.79 Å². The van der Waals surface area contributed by atoms with E-state index in [2.05, 4.69) is 38.0 Å². The van der Waals surface area contributed by atoms with Crippen molar-refractivity contribution in [3.8, 4) is 0 Å². The van der Waals surface area contributed by atoms with Gasteiger partial charge in [0.1, 0.15) is 0 Å². The number of amides is 1. The number of nitrogens with two attached hydrogens (primary N) is 1. The summed E-state index contributed by atoms with van der Waals surface area (Å²) < 4.78 is 0. The van der Waals surface area contributed by atoms with Gasteiger partial charge in [0.05, 0.1) is 0 Å². The Morgan fingerprint density at radius 2 is 2.00 bits per heavy atom. The highest BCUT2D eigenvalue weighted by molar-refractivity contribution is 5.91. The third kappa shape index (κ3) is 5.76. The normalized spacial score (nSPS) is 12.7. The first-order valence-corrected chi connectivity index (χ1v) is 7.67. The fourth-order valence-corrected chi connectivity index (χ4v) is 2.24. The number of rotatable bonds is 7. The second-order valence-electron chi connectivity index (χ2n) is 6.19. The van der Waals surface area contributed by atoms with E-state index >= 15 is 0 Å². The van der Waals surface area contributed by atoms with Crippen LogP contribution in [0.3, 0.4) is 0 Å². The summed E-state index contributed by atoms with van der Waals surface area (Å²) in [6.45, 7) is 9.55. The van der Waals surface area contributed by atoms with Crippen LogP contribution in [0.2, 0.25) is 0 Å². The molecule has 1 aromatic carbocycles. The zero-order valence-electron chi connectivity index (χ0n) is 13.9. The third-order valence-corrected chi connectivity index (χ3v) is 4.10. The molecule has 21 heavy (non-hydrogen) atoms. The van der Waals surface area contributed by atoms with E-state index in [9.17, 15) is 4.79 Å². The lowest BCUT2D eigenvalue weighted by atomic mass is 10.1. The molecule has 4 heteroatoms. The summed E-state index contributed by atoms with van der Waals surface area (Å²) in [7, 11) is 2.12. The second kappa shape index (κ2) is 8.03. The van der Waals surface area contributed by atoms with Crippen molar-refractivity contribution in [2.75, 3.05) is 24.6 Å². The number of hydrogen-bond acceptors (Lipinski definition) is 3. The minimum absolute atomic E-state index is 0.0634. The molecule has 118 valence electrons. The van der Waals surface area contributed by atoms with Crippen LogP contribution in [0.5, 0.6) is 0 Å². The highest BCUT2D eigenvalue weighted by atomic mass is 16.1. The first kappa shape index (κ1) is 17.5. The molecule has 0 heterocycles. The van der Waals surface area contributed by atoms with E-state index < -0.39 is 0 Å². The SMILES string of the molecule is Cc1cc(N)ccc1NC(=O)CCCN(C)C(C)C(C)C. The van der Waals surface area contributed by atoms with E-state index in [1.54, 1.807) is 6.07 Å². The molecule has 0 fully saturated rings. The van der Waals surface area contributed by atoms with Crippen molar-refractivity contribution in [3.05, 3.63) is 23.8 Å². The summed E-state index contributed by atoms with van der Waals surface area (Å²) in [5, 5.41) is 2.95. The zero-order valence-corrected chi connectivity index (χ0v) is 13.9. The van der Waals surface area contributed by atoms with Gasteiger partial charge in [0.2, 0.25) is 5.91 Å². The van der Waals surface area contributed by atoms with Crippen molar-refractivity contribution in [3.63, 3.8) is 0 Å². The molecular formula is C17H29N3O. The lowest BCUT2D eigenvalue weighted by Crippen LogP contribution is -2.34. The first-order chi connectivity index (χ1) is 9.81. The molecule has 0 aliphatic heterocycles. The lowest BCUT2D eigenvalue weighted by Gasteiger charge is -2.27. The van der Waals surface area contributed by atoms with E-state index in [0.29, 0.717) is 18.4 Å². The smallest absolute Gasteiger partial charge is 0.224 e. The highest BCUT2D eigenvalue weighted by Crippen LogP contribution is 2.18. The van der Waals surface area contributed by atoms with E-state index in [1.807, 2.05) is 19.1 Å². The summed E-state index contributed by atoms with van der Waals surface area (Å²) in [6, 6.07) is 6.07. The second-order valence-corrected chi connectivity index (χ2v) is 6.19. The molecular weight excluding hydrogens is 262 g/mol. The topological polar surface area (TPSA) is 58.4 Å². The van der Waals surface area contributed by atoms with E-state index in [0.717, 1.165) is 29.9 Å². The number of nitrogen functional groups attached to an aromatic ring is 1. The fourth-order valence-electron chi connectivity index (χ4n) is 2.24. The Morgan fingerprint density at radius 3 is 2.57 bits per heavy atom. The number of nitrogens with one attached hydrogen (secondary N) is 1. The van der Waals surface area contributed by atoms with Crippen LogP contribution in [0, 0.1) is 12.8 Å². The monoisotopic (exact) mass is 291 g/mol. The molecule has 1 amide bonds. The van der Waals surface area contributed by atoms with Crippen molar-refractivity contribution in [1.82, 2.24) is 4.90 Å². The van der Waals surface area contributed by atoms with Crippen molar-refractivity contribution < 1.29 is 4.79 Å². The average Bonchev–Trinajstić information content (AvgIpc) is 2.40. The Labute approximate surface area is 128 Å². The Kier molecular flexibility index (Phi) is 6.69. The van der Waals surface area contributed by atoms with Gasteiger partial charge in [0, 0.05) is 23.8 Å². The van der Waals surface area contributed by atoms with Gasteiger partial charge >= 0.3 is 0 Å². The van der Waals surface area contributed by atoms with Gasteiger partial charge in [-0.05, 0) is 63.5 Å². The maximum absolute atomic E-state index is 12.0. The van der Waals surface area contributed by atoms with Crippen LogP contribution in [-0.2, 0) is 4.79 Å². The quantitative estimate of drug-likeness (QED) is 0.758. The summed E-state index contributed by atoms with van der Waals surface area (Å²) in [5.41, 5.74) is 8.26. The molecule has 0 aliphatic carbocycles. The van der Waals surface area contributed by atoms with Gasteiger partial charge in [-0.2, -0.15) is 0 Å². The van der Waals surface area contributed by atoms with Crippen LogP contribution >= 0.6 is 0 Å². The van der Waals surface area contributed by atoms with Gasteiger partial charge in [0.25, 0.3) is 0 Å². The minimum atomic E-state index is 0.0634. The van der Waals surface area contributed by atoms with Crippen LogP contribution in [0.15, 0.2) is 18.2 Å². The van der Waals surface area contributed by atoms with E-state index in [-0.39, 0.29) is 5.91 Å². The molecule has 1 unspecified atom stereocenters. The predicted molar refractivity (Wildman–Crippen MR) is 90.4 cm³/mol. The molecule has 0 saturated carbocycles. The van der Waals surface area contributed by atoms with Gasteiger partial charge in [-0.25, -0.2) is 0 Å². The molecule has 0 saturated heterocycles. The Morgan fingerprint density at radius 1 is 1.33 bits per heavy atom. The molecule has 0 radical (unpaired) electrons. The van der Waals surface area contributed by atoms with Gasteiger partial charge in [-0.1, -0.05) is 13.8 Å². The third-order valence-electron chi connectivity index (χ3n) is 4.10. The standard InChI is InChI=1S/C17H29N3O/c1-12(2)14(4)20(5)10-6-7-17(21)19-16-9-8-15(18)11-13(16)3/h8-9,11-12,14H,6-7,10,18H2,1-5H3,(H,19,21). The largest absolute Gasteiger partial charge is 0.399 e. The number of benzene rings is 1. The van der Waals surface area contributed by atoms with Crippen LogP contribution in [0.4, 0.5) is 11.4 Å². The molecule has 1 aromatic rings. The molecule has 0 spiro atoms. The molecule has 3 N–H and O–H groups in total. The number of carbonyl (C=O) groups excluding carboxylic acids is 1. The van der Waals surface area contributed by atoms with Crippen LogP contribution in [0.25, 0.3) is 0 Å². The summed E-state index contributed by atoms with van der Waals surface area (Å²) in [4.78, 5) is 14.3. The van der Waals surface area contributed by atoms with Crippen molar-refractivity contribution in [2.24, 2.45) is 5.92 Å². The highest BCUT2D eigenvalue weighted by Gasteiger charge is 2.13. The maximum Gasteiger partial charge on any atom is 0.224 e. The number of aryl methyl sites for hydroxylation is 1. The van der Waals surface area contributed by atoms with Crippen LogP contribution in [-0.4, -0.2) is 30.4 Å². The Bertz CT molecular complexity index is 471. The van der Waals surface area contributed by atoms with Crippen molar-refractivity contribution >= 4 is 17.3 Å².